The minimum Gasteiger partial charge on any atom is -0.486 e. The number of nitro groups is 1. The quantitative estimate of drug-likeness (QED) is 0.609. The lowest BCUT2D eigenvalue weighted by molar-refractivity contribution is -0.385. The second-order valence-electron chi connectivity index (χ2n) is 4.78. The first-order chi connectivity index (χ1) is 9.28. The summed E-state index contributed by atoms with van der Waals surface area (Å²) in [7, 11) is 1.55. The number of carboxylic acids is 1. The molecule has 0 aromatic heterocycles. The lowest BCUT2D eigenvalue weighted by atomic mass is 10.1. The van der Waals surface area contributed by atoms with E-state index in [-0.39, 0.29) is 23.6 Å². The van der Waals surface area contributed by atoms with Gasteiger partial charge in [0.2, 0.25) is 5.75 Å². The van der Waals surface area contributed by atoms with Gasteiger partial charge in [-0.2, -0.15) is 0 Å². The van der Waals surface area contributed by atoms with Gasteiger partial charge in [0.05, 0.1) is 17.1 Å². The Bertz CT molecular complexity index is 479. The molecule has 1 aromatic rings. The van der Waals surface area contributed by atoms with Crippen LogP contribution in [0.1, 0.15) is 30.6 Å². The number of nitrogens with zero attached hydrogens (tertiary/aromatic N) is 1. The van der Waals surface area contributed by atoms with Gasteiger partial charge >= 0.3 is 11.7 Å². The number of para-hydroxylation sites is 1. The van der Waals surface area contributed by atoms with Crippen LogP contribution in [0.25, 0.3) is 0 Å². The van der Waals surface area contributed by atoms with Crippen LogP contribution < -0.4 is 4.74 Å². The van der Waals surface area contributed by atoms with Crippen LogP contribution in [0.15, 0.2) is 18.2 Å². The molecule has 1 rings (SSSR count). The van der Waals surface area contributed by atoms with Crippen molar-refractivity contribution in [2.24, 2.45) is 0 Å². The van der Waals surface area contributed by atoms with Crippen molar-refractivity contribution in [2.75, 3.05) is 13.7 Å². The van der Waals surface area contributed by atoms with Gasteiger partial charge in [-0.05, 0) is 19.9 Å². The van der Waals surface area contributed by atoms with Crippen molar-refractivity contribution >= 4 is 11.7 Å². The molecule has 20 heavy (non-hydrogen) atoms. The molecular formula is C13H17NO6. The molecule has 0 bridgehead atoms. The van der Waals surface area contributed by atoms with E-state index in [2.05, 4.69) is 0 Å². The summed E-state index contributed by atoms with van der Waals surface area (Å²) in [6.45, 7) is 3.80. The lowest BCUT2D eigenvalue weighted by Gasteiger charge is -2.22. The fraction of sp³-hybridized carbons (Fsp3) is 0.462. The number of aromatic carboxylic acids is 1. The zero-order valence-electron chi connectivity index (χ0n) is 11.6. The highest BCUT2D eigenvalue weighted by molar-refractivity contribution is 5.92. The molecule has 0 aliphatic rings. The topological polar surface area (TPSA) is 98.9 Å². The highest BCUT2D eigenvalue weighted by atomic mass is 16.6. The van der Waals surface area contributed by atoms with Crippen LogP contribution >= 0.6 is 0 Å². The maximum absolute atomic E-state index is 11.1. The number of hydrogen-bond donors (Lipinski definition) is 1. The van der Waals surface area contributed by atoms with E-state index >= 15 is 0 Å². The van der Waals surface area contributed by atoms with Gasteiger partial charge in [0.15, 0.2) is 0 Å². The number of benzene rings is 1. The third-order valence-electron chi connectivity index (χ3n) is 2.92. The summed E-state index contributed by atoms with van der Waals surface area (Å²) in [6, 6.07) is 3.79. The van der Waals surface area contributed by atoms with Crippen LogP contribution in [0.4, 0.5) is 5.69 Å². The highest BCUT2D eigenvalue weighted by Crippen LogP contribution is 2.31. The van der Waals surface area contributed by atoms with Gasteiger partial charge in [0, 0.05) is 19.6 Å². The van der Waals surface area contributed by atoms with E-state index in [0.29, 0.717) is 6.42 Å². The van der Waals surface area contributed by atoms with E-state index in [4.69, 9.17) is 14.6 Å². The molecule has 0 aliphatic heterocycles. The molecule has 0 aliphatic carbocycles. The van der Waals surface area contributed by atoms with Gasteiger partial charge in [-0.15, -0.1) is 0 Å². The Morgan fingerprint density at radius 1 is 1.45 bits per heavy atom. The molecule has 0 saturated heterocycles. The van der Waals surface area contributed by atoms with Crippen molar-refractivity contribution in [2.45, 2.75) is 25.9 Å². The first kappa shape index (κ1) is 15.9. The zero-order chi connectivity index (χ0) is 15.3. The van der Waals surface area contributed by atoms with E-state index < -0.39 is 16.5 Å². The molecule has 0 radical (unpaired) electrons. The minimum atomic E-state index is -1.27. The Morgan fingerprint density at radius 3 is 2.60 bits per heavy atom. The third-order valence-corrected chi connectivity index (χ3v) is 2.92. The average molecular weight is 283 g/mol. The molecule has 1 N–H and O–H groups in total. The SMILES string of the molecule is COC(C)(C)CCOc1c(C(=O)O)cccc1[N+](=O)[O-]. The molecule has 7 nitrogen and oxygen atoms in total. The molecule has 1 aromatic carbocycles. The predicted molar refractivity (Wildman–Crippen MR) is 71.3 cm³/mol. The van der Waals surface area contributed by atoms with Crippen molar-refractivity contribution in [1.29, 1.82) is 0 Å². The molecule has 0 unspecified atom stereocenters. The van der Waals surface area contributed by atoms with Crippen molar-refractivity contribution in [3.8, 4) is 5.75 Å². The molecule has 0 amide bonds. The van der Waals surface area contributed by atoms with Gasteiger partial charge in [-0.1, -0.05) is 6.07 Å². The van der Waals surface area contributed by atoms with Crippen molar-refractivity contribution in [3.63, 3.8) is 0 Å². The summed E-state index contributed by atoms with van der Waals surface area (Å²) in [5.74, 6) is -1.49. The Balaban J connectivity index is 2.97. The first-order valence-electron chi connectivity index (χ1n) is 5.97. The van der Waals surface area contributed by atoms with Crippen LogP contribution in [-0.2, 0) is 4.74 Å². The second-order valence-corrected chi connectivity index (χ2v) is 4.78. The molecule has 110 valence electrons. The van der Waals surface area contributed by atoms with Crippen molar-refractivity contribution in [3.05, 3.63) is 33.9 Å². The third kappa shape index (κ3) is 3.92. The Hall–Kier alpha value is -2.15. The van der Waals surface area contributed by atoms with Crippen LogP contribution in [0.2, 0.25) is 0 Å². The smallest absolute Gasteiger partial charge is 0.339 e. The molecular weight excluding hydrogens is 266 g/mol. The largest absolute Gasteiger partial charge is 0.486 e. The number of hydrogen-bond acceptors (Lipinski definition) is 5. The second kappa shape index (κ2) is 6.33. The number of carbonyl (C=O) groups is 1. The normalized spacial score (nSPS) is 11.2. The number of methoxy groups -OCH3 is 1. The van der Waals surface area contributed by atoms with Crippen LogP contribution in [-0.4, -0.2) is 35.3 Å². The van der Waals surface area contributed by atoms with E-state index in [1.807, 2.05) is 13.8 Å². The number of nitro benzene ring substituents is 1. The van der Waals surface area contributed by atoms with Crippen LogP contribution in [0, 0.1) is 10.1 Å². The summed E-state index contributed by atoms with van der Waals surface area (Å²) in [6.07, 6.45) is 0.467. The molecule has 0 fully saturated rings. The summed E-state index contributed by atoms with van der Waals surface area (Å²) < 4.78 is 10.5. The molecule has 7 heteroatoms. The Morgan fingerprint density at radius 2 is 2.10 bits per heavy atom. The Labute approximate surface area is 116 Å². The highest BCUT2D eigenvalue weighted by Gasteiger charge is 2.24. The molecule has 0 heterocycles. The maximum Gasteiger partial charge on any atom is 0.339 e. The minimum absolute atomic E-state index is 0.117. The maximum atomic E-state index is 11.1. The molecule has 0 atom stereocenters. The summed E-state index contributed by atoms with van der Waals surface area (Å²) in [5, 5.41) is 20.0. The molecule has 0 spiro atoms. The standard InChI is InChI=1S/C13H17NO6/c1-13(2,19-3)7-8-20-11-9(12(15)16)5-4-6-10(11)14(17)18/h4-6H,7-8H2,1-3H3,(H,15,16). The van der Waals surface area contributed by atoms with Crippen LogP contribution in [0.5, 0.6) is 5.75 Å². The Kier molecular flexibility index (Phi) is 5.04. The fourth-order valence-corrected chi connectivity index (χ4v) is 1.49. The first-order valence-corrected chi connectivity index (χ1v) is 5.97. The van der Waals surface area contributed by atoms with E-state index in [1.165, 1.54) is 18.2 Å². The predicted octanol–water partition coefficient (Wildman–Crippen LogP) is 2.49. The zero-order valence-corrected chi connectivity index (χ0v) is 11.6. The van der Waals surface area contributed by atoms with Gasteiger partial charge < -0.3 is 14.6 Å². The van der Waals surface area contributed by atoms with E-state index in [0.717, 1.165) is 0 Å². The van der Waals surface area contributed by atoms with Crippen molar-refractivity contribution in [1.82, 2.24) is 0 Å². The number of ether oxygens (including phenoxy) is 2. The van der Waals surface area contributed by atoms with Gasteiger partial charge in [0.25, 0.3) is 0 Å². The van der Waals surface area contributed by atoms with Crippen molar-refractivity contribution < 1.29 is 24.3 Å². The summed E-state index contributed by atoms with van der Waals surface area (Å²) in [5.41, 5.74) is -1.04. The van der Waals surface area contributed by atoms with E-state index in [1.54, 1.807) is 7.11 Å². The number of rotatable bonds is 7. The van der Waals surface area contributed by atoms with Crippen LogP contribution in [0.3, 0.4) is 0 Å². The summed E-state index contributed by atoms with van der Waals surface area (Å²) in [4.78, 5) is 21.3. The van der Waals surface area contributed by atoms with Gasteiger partial charge in [-0.3, -0.25) is 10.1 Å². The monoisotopic (exact) mass is 283 g/mol. The molecule has 0 saturated carbocycles. The summed E-state index contributed by atoms with van der Waals surface area (Å²) >= 11 is 0. The van der Waals surface area contributed by atoms with E-state index in [9.17, 15) is 14.9 Å². The van der Waals surface area contributed by atoms with Gasteiger partial charge in [-0.25, -0.2) is 4.79 Å². The lowest BCUT2D eigenvalue weighted by Crippen LogP contribution is -2.25. The number of carboxylic acid groups (broad SMARTS) is 1. The fourth-order valence-electron chi connectivity index (χ4n) is 1.49. The van der Waals surface area contributed by atoms with Gasteiger partial charge in [0.1, 0.15) is 5.56 Å². The average Bonchev–Trinajstić information content (AvgIpc) is 2.38.